The van der Waals surface area contributed by atoms with Gasteiger partial charge in [0.25, 0.3) is 5.91 Å². The van der Waals surface area contributed by atoms with Gasteiger partial charge in [-0.15, -0.1) is 0 Å². The molecule has 0 spiro atoms. The summed E-state index contributed by atoms with van der Waals surface area (Å²) in [6.45, 7) is 4.25. The molecule has 2 heterocycles. The summed E-state index contributed by atoms with van der Waals surface area (Å²) in [6.07, 6.45) is 6.20. The SMILES string of the molecule is Cc1ccc(S(=O)(=O)N2CCCCC2C)cc1C(=O)Nc1ccccc1-n1cccn1. The highest BCUT2D eigenvalue weighted by atomic mass is 32.2. The van der Waals surface area contributed by atoms with Crippen LogP contribution in [-0.4, -0.2) is 41.0 Å². The molecule has 0 radical (unpaired) electrons. The largest absolute Gasteiger partial charge is 0.320 e. The topological polar surface area (TPSA) is 84.3 Å². The van der Waals surface area contributed by atoms with Crippen molar-refractivity contribution in [2.75, 3.05) is 11.9 Å². The van der Waals surface area contributed by atoms with Crippen LogP contribution in [0, 0.1) is 6.92 Å². The number of anilines is 1. The summed E-state index contributed by atoms with van der Waals surface area (Å²) in [5.41, 5.74) is 2.36. The van der Waals surface area contributed by atoms with E-state index in [1.54, 1.807) is 52.6 Å². The molecule has 162 valence electrons. The number of hydrogen-bond donors (Lipinski definition) is 1. The van der Waals surface area contributed by atoms with Gasteiger partial charge in [0.15, 0.2) is 0 Å². The van der Waals surface area contributed by atoms with E-state index in [9.17, 15) is 13.2 Å². The quantitative estimate of drug-likeness (QED) is 0.653. The van der Waals surface area contributed by atoms with Crippen LogP contribution in [0.25, 0.3) is 5.69 Å². The zero-order valence-electron chi connectivity index (χ0n) is 17.7. The molecule has 1 fully saturated rings. The van der Waals surface area contributed by atoms with E-state index in [-0.39, 0.29) is 16.8 Å². The fourth-order valence-corrected chi connectivity index (χ4v) is 5.68. The number of para-hydroxylation sites is 2. The van der Waals surface area contributed by atoms with E-state index in [1.807, 2.05) is 25.1 Å². The Hall–Kier alpha value is -2.97. The van der Waals surface area contributed by atoms with Gasteiger partial charge in [-0.3, -0.25) is 4.79 Å². The molecule has 7 nitrogen and oxygen atoms in total. The fraction of sp³-hybridized carbons (Fsp3) is 0.304. The Bertz CT molecular complexity index is 1190. The van der Waals surface area contributed by atoms with E-state index in [2.05, 4.69) is 10.4 Å². The molecule has 0 aliphatic carbocycles. The Morgan fingerprint density at radius 2 is 1.94 bits per heavy atom. The Kier molecular flexibility index (Phi) is 5.93. The minimum Gasteiger partial charge on any atom is -0.320 e. The molecule has 1 saturated heterocycles. The first kappa shape index (κ1) is 21.3. The summed E-state index contributed by atoms with van der Waals surface area (Å²) >= 11 is 0. The number of sulfonamides is 1. The molecular weight excluding hydrogens is 412 g/mol. The maximum Gasteiger partial charge on any atom is 0.256 e. The lowest BCUT2D eigenvalue weighted by atomic mass is 10.1. The summed E-state index contributed by atoms with van der Waals surface area (Å²) in [5, 5.41) is 7.15. The van der Waals surface area contributed by atoms with Gasteiger partial charge < -0.3 is 5.32 Å². The molecule has 8 heteroatoms. The molecule has 1 aliphatic rings. The van der Waals surface area contributed by atoms with Crippen molar-refractivity contribution in [3.63, 3.8) is 0 Å². The number of piperidine rings is 1. The van der Waals surface area contributed by atoms with Crippen molar-refractivity contribution in [3.05, 3.63) is 72.1 Å². The Morgan fingerprint density at radius 3 is 2.68 bits per heavy atom. The maximum atomic E-state index is 13.2. The predicted molar refractivity (Wildman–Crippen MR) is 120 cm³/mol. The van der Waals surface area contributed by atoms with Crippen molar-refractivity contribution < 1.29 is 13.2 Å². The summed E-state index contributed by atoms with van der Waals surface area (Å²) in [5.74, 6) is -0.360. The average molecular weight is 439 g/mol. The summed E-state index contributed by atoms with van der Waals surface area (Å²) in [6, 6.07) is 13.9. The lowest BCUT2D eigenvalue weighted by Gasteiger charge is -2.32. The molecule has 0 bridgehead atoms. The van der Waals surface area contributed by atoms with E-state index in [0.29, 0.717) is 23.4 Å². The number of amides is 1. The minimum atomic E-state index is -3.66. The van der Waals surface area contributed by atoms with Gasteiger partial charge in [-0.05, 0) is 62.6 Å². The first-order valence-corrected chi connectivity index (χ1v) is 11.8. The molecule has 1 unspecified atom stereocenters. The Balaban J connectivity index is 1.65. The van der Waals surface area contributed by atoms with E-state index in [4.69, 9.17) is 0 Å². The number of benzene rings is 2. The third kappa shape index (κ3) is 4.26. The van der Waals surface area contributed by atoms with Crippen molar-refractivity contribution >= 4 is 21.6 Å². The third-order valence-electron chi connectivity index (χ3n) is 5.71. The second kappa shape index (κ2) is 8.64. The van der Waals surface area contributed by atoms with Crippen LogP contribution < -0.4 is 5.32 Å². The van der Waals surface area contributed by atoms with Gasteiger partial charge in [-0.2, -0.15) is 9.40 Å². The summed E-state index contributed by atoms with van der Waals surface area (Å²) in [4.78, 5) is 13.3. The number of rotatable bonds is 5. The van der Waals surface area contributed by atoms with Gasteiger partial charge >= 0.3 is 0 Å². The zero-order valence-corrected chi connectivity index (χ0v) is 18.5. The van der Waals surface area contributed by atoms with E-state index >= 15 is 0 Å². The molecular formula is C23H26N4O3S. The molecule has 3 aromatic rings. The first-order valence-electron chi connectivity index (χ1n) is 10.4. The van der Waals surface area contributed by atoms with E-state index in [1.165, 1.54) is 6.07 Å². The molecule has 1 atom stereocenters. The molecule has 1 aromatic heterocycles. The van der Waals surface area contributed by atoms with Crippen LogP contribution in [-0.2, 0) is 10.0 Å². The zero-order chi connectivity index (χ0) is 22.0. The molecule has 1 aliphatic heterocycles. The summed E-state index contributed by atoms with van der Waals surface area (Å²) in [7, 11) is -3.66. The second-order valence-corrected chi connectivity index (χ2v) is 9.75. The van der Waals surface area contributed by atoms with Crippen molar-refractivity contribution in [1.29, 1.82) is 0 Å². The summed E-state index contributed by atoms with van der Waals surface area (Å²) < 4.78 is 29.7. The smallest absolute Gasteiger partial charge is 0.256 e. The molecule has 1 amide bonds. The average Bonchev–Trinajstić information content (AvgIpc) is 3.29. The van der Waals surface area contributed by atoms with Gasteiger partial charge in [0, 0.05) is 30.5 Å². The van der Waals surface area contributed by atoms with Crippen LogP contribution in [0.2, 0.25) is 0 Å². The van der Waals surface area contributed by atoms with Crippen LogP contribution in [0.4, 0.5) is 5.69 Å². The monoisotopic (exact) mass is 438 g/mol. The van der Waals surface area contributed by atoms with E-state index in [0.717, 1.165) is 24.9 Å². The molecule has 1 N–H and O–H groups in total. The lowest BCUT2D eigenvalue weighted by Crippen LogP contribution is -2.42. The molecule has 2 aromatic carbocycles. The molecule has 4 rings (SSSR count). The van der Waals surface area contributed by atoms with Crippen molar-refractivity contribution in [1.82, 2.24) is 14.1 Å². The van der Waals surface area contributed by atoms with Gasteiger partial charge in [0.2, 0.25) is 10.0 Å². The fourth-order valence-electron chi connectivity index (χ4n) is 3.95. The van der Waals surface area contributed by atoms with Gasteiger partial charge in [-0.25, -0.2) is 13.1 Å². The molecule has 31 heavy (non-hydrogen) atoms. The lowest BCUT2D eigenvalue weighted by molar-refractivity contribution is 0.102. The second-order valence-electron chi connectivity index (χ2n) is 7.86. The van der Waals surface area contributed by atoms with E-state index < -0.39 is 10.0 Å². The number of carbonyl (C=O) groups excluding carboxylic acids is 1. The van der Waals surface area contributed by atoms with Gasteiger partial charge in [0.1, 0.15) is 0 Å². The van der Waals surface area contributed by atoms with Crippen LogP contribution in [0.15, 0.2) is 65.8 Å². The first-order chi connectivity index (χ1) is 14.9. The minimum absolute atomic E-state index is 0.0433. The van der Waals surface area contributed by atoms with Gasteiger partial charge in [0.05, 0.1) is 16.3 Å². The third-order valence-corrected chi connectivity index (χ3v) is 7.72. The number of aromatic nitrogens is 2. The van der Waals surface area contributed by atoms with Crippen LogP contribution >= 0.6 is 0 Å². The van der Waals surface area contributed by atoms with Crippen molar-refractivity contribution in [2.45, 2.75) is 44.0 Å². The number of aryl methyl sites for hydroxylation is 1. The Labute approximate surface area is 182 Å². The van der Waals surface area contributed by atoms with Crippen molar-refractivity contribution in [2.24, 2.45) is 0 Å². The highest BCUT2D eigenvalue weighted by Crippen LogP contribution is 2.27. The van der Waals surface area contributed by atoms with Gasteiger partial charge in [-0.1, -0.05) is 24.6 Å². The van der Waals surface area contributed by atoms with Crippen LogP contribution in [0.3, 0.4) is 0 Å². The van der Waals surface area contributed by atoms with Crippen LogP contribution in [0.1, 0.15) is 42.1 Å². The highest BCUT2D eigenvalue weighted by molar-refractivity contribution is 7.89. The Morgan fingerprint density at radius 1 is 1.13 bits per heavy atom. The van der Waals surface area contributed by atoms with Crippen LogP contribution in [0.5, 0.6) is 0 Å². The number of nitrogens with one attached hydrogen (secondary N) is 1. The van der Waals surface area contributed by atoms with Crippen molar-refractivity contribution in [3.8, 4) is 5.69 Å². The number of nitrogens with zero attached hydrogens (tertiary/aromatic N) is 3. The standard InChI is InChI=1S/C23H26N4O3S/c1-17-11-12-19(31(29,30)27-15-6-5-8-18(27)2)16-20(17)23(28)25-21-9-3-4-10-22(21)26-14-7-13-24-26/h3-4,7,9-14,16,18H,5-6,8,15H2,1-2H3,(H,25,28). The number of hydrogen-bond acceptors (Lipinski definition) is 4. The predicted octanol–water partition coefficient (Wildman–Crippen LogP) is 4.00. The molecule has 0 saturated carbocycles. The number of carbonyl (C=O) groups is 1. The highest BCUT2D eigenvalue weighted by Gasteiger charge is 2.31. The normalized spacial score (nSPS) is 17.4. The maximum absolute atomic E-state index is 13.2.